The minimum atomic E-state index is -0.468. The molecular weight excluding hydrogens is 296 g/mol. The van der Waals surface area contributed by atoms with Gasteiger partial charge in [0.05, 0.1) is 5.83 Å². The number of aliphatic imine (C=N–C) groups is 1. The van der Waals surface area contributed by atoms with Crippen molar-refractivity contribution < 1.29 is 8.78 Å². The molecule has 1 aromatic heterocycles. The molecule has 1 N–H and O–H groups in total. The van der Waals surface area contributed by atoms with Gasteiger partial charge in [0.1, 0.15) is 5.69 Å². The molecule has 0 saturated heterocycles. The second-order valence-electron chi connectivity index (χ2n) is 4.53. The maximum atomic E-state index is 13.7. The van der Waals surface area contributed by atoms with Crippen molar-refractivity contribution in [1.29, 1.82) is 0 Å². The summed E-state index contributed by atoms with van der Waals surface area (Å²) in [6.07, 6.45) is 2.72. The summed E-state index contributed by atoms with van der Waals surface area (Å²) in [6.45, 7) is 4.91. The summed E-state index contributed by atoms with van der Waals surface area (Å²) in [5, 5.41) is 3.33. The van der Waals surface area contributed by atoms with Crippen molar-refractivity contribution in [2.24, 2.45) is 4.99 Å². The Morgan fingerprint density at radius 3 is 2.67 bits per heavy atom. The molecule has 0 radical (unpaired) electrons. The first-order chi connectivity index (χ1) is 9.86. The van der Waals surface area contributed by atoms with Crippen LogP contribution in [0.1, 0.15) is 26.5 Å². The molecule has 0 aromatic carbocycles. The molecule has 1 aromatic rings. The molecule has 0 amide bonds. The van der Waals surface area contributed by atoms with E-state index in [4.69, 9.17) is 11.6 Å². The van der Waals surface area contributed by atoms with Crippen LogP contribution >= 0.6 is 11.6 Å². The van der Waals surface area contributed by atoms with Crippen LogP contribution in [0.15, 0.2) is 45.8 Å². The Balaban J connectivity index is 2.99. The molecule has 0 aliphatic rings. The number of allylic oxidation sites excluding steroid dienone is 3. The van der Waals surface area contributed by atoms with Crippen LogP contribution in [-0.4, -0.2) is 23.9 Å². The van der Waals surface area contributed by atoms with Gasteiger partial charge in [-0.05, 0) is 44.6 Å². The van der Waals surface area contributed by atoms with Gasteiger partial charge in [0.2, 0.25) is 0 Å². The minimum absolute atomic E-state index is 0.132. The lowest BCUT2D eigenvalue weighted by atomic mass is 10.1. The van der Waals surface area contributed by atoms with E-state index >= 15 is 0 Å². The molecule has 1 unspecified atom stereocenters. The molecule has 21 heavy (non-hydrogen) atoms. The highest BCUT2D eigenvalue weighted by Gasteiger charge is 2.15. The van der Waals surface area contributed by atoms with Gasteiger partial charge in [0, 0.05) is 24.3 Å². The Hall–Kier alpha value is -1.75. The van der Waals surface area contributed by atoms with Gasteiger partial charge in [-0.15, -0.1) is 0 Å². The fourth-order valence-electron chi connectivity index (χ4n) is 1.61. The highest BCUT2D eigenvalue weighted by Crippen LogP contribution is 2.17. The summed E-state index contributed by atoms with van der Waals surface area (Å²) in [7, 11) is 1.54. The summed E-state index contributed by atoms with van der Waals surface area (Å²) in [5.41, 5.74) is 0.846. The highest BCUT2D eigenvalue weighted by atomic mass is 35.5. The first-order valence-corrected chi connectivity index (χ1v) is 6.78. The van der Waals surface area contributed by atoms with Crippen LogP contribution < -0.4 is 5.32 Å². The predicted octanol–water partition coefficient (Wildman–Crippen LogP) is 3.96. The van der Waals surface area contributed by atoms with Gasteiger partial charge >= 0.3 is 0 Å². The highest BCUT2D eigenvalue weighted by molar-refractivity contribution is 6.31. The average Bonchev–Trinajstić information content (AvgIpc) is 2.43. The molecule has 0 bridgehead atoms. The number of nitrogens with zero attached hydrogens (tertiary/aromatic N) is 2. The van der Waals surface area contributed by atoms with Crippen molar-refractivity contribution in [1.82, 2.24) is 10.3 Å². The number of hydrogen-bond acceptors (Lipinski definition) is 2. The van der Waals surface area contributed by atoms with Crippen LogP contribution in [0.5, 0.6) is 0 Å². The summed E-state index contributed by atoms with van der Waals surface area (Å²) >= 11 is 6.02. The molecule has 0 spiro atoms. The van der Waals surface area contributed by atoms with E-state index in [2.05, 4.69) is 15.3 Å². The molecule has 6 heteroatoms. The smallest absolute Gasteiger partial charge is 0.152 e. The van der Waals surface area contributed by atoms with Crippen molar-refractivity contribution in [3.05, 3.63) is 52.3 Å². The fourth-order valence-corrected chi connectivity index (χ4v) is 1.92. The van der Waals surface area contributed by atoms with E-state index in [1.165, 1.54) is 38.4 Å². The van der Waals surface area contributed by atoms with E-state index in [-0.39, 0.29) is 17.6 Å². The number of aromatic nitrogens is 1. The third-order valence-electron chi connectivity index (χ3n) is 2.91. The van der Waals surface area contributed by atoms with Crippen molar-refractivity contribution in [3.63, 3.8) is 0 Å². The Kier molecular flexibility index (Phi) is 6.49. The van der Waals surface area contributed by atoms with Gasteiger partial charge in [-0.3, -0.25) is 4.99 Å². The number of hydrogen-bond donors (Lipinski definition) is 1. The zero-order chi connectivity index (χ0) is 16.0. The Bertz CT molecular complexity index is 590. The molecule has 3 nitrogen and oxygen atoms in total. The van der Waals surface area contributed by atoms with Crippen molar-refractivity contribution >= 4 is 17.4 Å². The summed E-state index contributed by atoms with van der Waals surface area (Å²) < 4.78 is 26.6. The minimum Gasteiger partial charge on any atom is -0.362 e. The standard InChI is InChI=1S/C15H18ClF2N3/c1-9(17)8-12(16)10(2)11(3)21-15(19-4)14-13(18)6-5-7-20-14/h5-8,11H,1-4H3,(H,19,21)/b9-8+,12-10?. The van der Waals surface area contributed by atoms with Crippen LogP contribution in [0, 0.1) is 5.82 Å². The van der Waals surface area contributed by atoms with Gasteiger partial charge < -0.3 is 5.32 Å². The first kappa shape index (κ1) is 17.3. The van der Waals surface area contributed by atoms with Crippen molar-refractivity contribution in [2.45, 2.75) is 26.8 Å². The third-order valence-corrected chi connectivity index (χ3v) is 3.32. The van der Waals surface area contributed by atoms with Crippen molar-refractivity contribution in [3.8, 4) is 0 Å². The van der Waals surface area contributed by atoms with Crippen molar-refractivity contribution in [2.75, 3.05) is 7.05 Å². The SMILES string of the molecule is CN=C(NC(C)C(C)=C(Cl)/C=C(\C)F)c1ncccc1F. The molecule has 1 heterocycles. The number of pyridine rings is 1. The molecule has 1 atom stereocenters. The quantitative estimate of drug-likeness (QED) is 0.519. The second kappa shape index (κ2) is 7.88. The molecular formula is C15H18ClF2N3. The molecule has 0 fully saturated rings. The lowest BCUT2D eigenvalue weighted by Crippen LogP contribution is -2.35. The summed E-state index contributed by atoms with van der Waals surface area (Å²) in [6, 6.07) is 2.56. The van der Waals surface area contributed by atoms with E-state index < -0.39 is 5.82 Å². The third kappa shape index (κ3) is 4.93. The van der Waals surface area contributed by atoms with Gasteiger partial charge in [0.25, 0.3) is 0 Å². The summed E-state index contributed by atoms with van der Waals surface area (Å²) in [5.74, 6) is -0.540. The first-order valence-electron chi connectivity index (χ1n) is 6.41. The lowest BCUT2D eigenvalue weighted by Gasteiger charge is -2.18. The monoisotopic (exact) mass is 313 g/mol. The van der Waals surface area contributed by atoms with E-state index in [1.807, 2.05) is 6.92 Å². The second-order valence-corrected chi connectivity index (χ2v) is 4.94. The van der Waals surface area contributed by atoms with E-state index in [1.54, 1.807) is 6.92 Å². The zero-order valence-corrected chi connectivity index (χ0v) is 13.2. The molecule has 1 rings (SSSR count). The molecule has 0 saturated carbocycles. The number of halogens is 3. The summed E-state index contributed by atoms with van der Waals surface area (Å²) in [4.78, 5) is 7.98. The van der Waals surface area contributed by atoms with Crippen LogP contribution in [-0.2, 0) is 0 Å². The van der Waals surface area contributed by atoms with Crippen LogP contribution in [0.2, 0.25) is 0 Å². The maximum Gasteiger partial charge on any atom is 0.152 e. The predicted molar refractivity (Wildman–Crippen MR) is 82.7 cm³/mol. The van der Waals surface area contributed by atoms with Gasteiger partial charge in [-0.1, -0.05) is 11.6 Å². The zero-order valence-electron chi connectivity index (χ0n) is 12.4. The Morgan fingerprint density at radius 1 is 1.48 bits per heavy atom. The lowest BCUT2D eigenvalue weighted by molar-refractivity contribution is 0.615. The normalized spacial score (nSPS) is 15.6. The van der Waals surface area contributed by atoms with Gasteiger partial charge in [-0.25, -0.2) is 13.8 Å². The molecule has 114 valence electrons. The van der Waals surface area contributed by atoms with Gasteiger partial charge in [0.15, 0.2) is 11.7 Å². The van der Waals surface area contributed by atoms with Crippen LogP contribution in [0.25, 0.3) is 0 Å². The number of rotatable bonds is 4. The topological polar surface area (TPSA) is 37.3 Å². The largest absolute Gasteiger partial charge is 0.362 e. The number of nitrogens with one attached hydrogen (secondary N) is 1. The average molecular weight is 314 g/mol. The maximum absolute atomic E-state index is 13.7. The molecule has 0 aliphatic heterocycles. The van der Waals surface area contributed by atoms with E-state index in [0.717, 1.165) is 0 Å². The van der Waals surface area contributed by atoms with Gasteiger partial charge in [-0.2, -0.15) is 0 Å². The Labute approximate surface area is 128 Å². The fraction of sp³-hybridized carbons (Fsp3) is 0.333. The van der Waals surface area contributed by atoms with Crippen LogP contribution in [0.4, 0.5) is 8.78 Å². The molecule has 0 aliphatic carbocycles. The Morgan fingerprint density at radius 2 is 2.14 bits per heavy atom. The van der Waals surface area contributed by atoms with Crippen LogP contribution in [0.3, 0.4) is 0 Å². The van der Waals surface area contributed by atoms with E-state index in [9.17, 15) is 8.78 Å². The number of amidine groups is 1. The van der Waals surface area contributed by atoms with E-state index in [0.29, 0.717) is 16.4 Å².